The van der Waals surface area contributed by atoms with E-state index >= 15 is 0 Å². The van der Waals surface area contributed by atoms with E-state index in [1.807, 2.05) is 4.90 Å². The van der Waals surface area contributed by atoms with E-state index in [9.17, 15) is 9.50 Å². The highest BCUT2D eigenvalue weighted by atomic mass is 19.1. The molecule has 4 N–H and O–H groups in total. The van der Waals surface area contributed by atoms with Gasteiger partial charge in [-0.2, -0.15) is 0 Å². The van der Waals surface area contributed by atoms with Gasteiger partial charge in [0.2, 0.25) is 0 Å². The summed E-state index contributed by atoms with van der Waals surface area (Å²) in [6.45, 7) is 2.03. The maximum Gasteiger partial charge on any atom is 0.138 e. The maximum absolute atomic E-state index is 14.2. The highest BCUT2D eigenvalue weighted by Crippen LogP contribution is 2.17. The van der Waals surface area contributed by atoms with Gasteiger partial charge in [0.15, 0.2) is 0 Å². The maximum atomic E-state index is 14.2. The SMILES string of the molecule is N=C(N)c1cccc(CN2CCOCC2CO)c1F. The van der Waals surface area contributed by atoms with Crippen LogP contribution in [-0.2, 0) is 11.3 Å². The van der Waals surface area contributed by atoms with Crippen LogP contribution in [0.1, 0.15) is 11.1 Å². The number of hydrogen-bond acceptors (Lipinski definition) is 4. The topological polar surface area (TPSA) is 82.6 Å². The molecule has 0 bridgehead atoms. The molecule has 0 saturated carbocycles. The van der Waals surface area contributed by atoms with Gasteiger partial charge in [-0.05, 0) is 6.07 Å². The molecule has 1 heterocycles. The van der Waals surface area contributed by atoms with Crippen LogP contribution in [0.5, 0.6) is 0 Å². The Morgan fingerprint density at radius 3 is 3.05 bits per heavy atom. The van der Waals surface area contributed by atoms with Crippen molar-refractivity contribution in [2.24, 2.45) is 5.73 Å². The molecule has 1 saturated heterocycles. The van der Waals surface area contributed by atoms with E-state index in [2.05, 4.69) is 0 Å². The van der Waals surface area contributed by atoms with E-state index in [0.29, 0.717) is 31.9 Å². The third kappa shape index (κ3) is 3.09. The zero-order chi connectivity index (χ0) is 13.8. The number of nitrogens with one attached hydrogen (secondary N) is 1. The smallest absolute Gasteiger partial charge is 0.138 e. The summed E-state index contributed by atoms with van der Waals surface area (Å²) in [5.74, 6) is -0.738. The lowest BCUT2D eigenvalue weighted by Gasteiger charge is -2.34. The number of aliphatic hydroxyl groups is 1. The van der Waals surface area contributed by atoms with Gasteiger partial charge >= 0.3 is 0 Å². The van der Waals surface area contributed by atoms with Crippen molar-refractivity contribution in [2.75, 3.05) is 26.4 Å². The highest BCUT2D eigenvalue weighted by Gasteiger charge is 2.23. The number of nitrogens with two attached hydrogens (primary N) is 1. The minimum atomic E-state index is -0.460. The van der Waals surface area contributed by atoms with Crippen LogP contribution in [0.4, 0.5) is 4.39 Å². The van der Waals surface area contributed by atoms with Crippen molar-refractivity contribution in [1.29, 1.82) is 5.41 Å². The van der Waals surface area contributed by atoms with Crippen molar-refractivity contribution >= 4 is 5.84 Å². The molecule has 1 aromatic carbocycles. The van der Waals surface area contributed by atoms with E-state index in [1.54, 1.807) is 12.1 Å². The number of ether oxygens (including phenoxy) is 1. The minimum Gasteiger partial charge on any atom is -0.395 e. The second-order valence-corrected chi connectivity index (χ2v) is 4.57. The van der Waals surface area contributed by atoms with Gasteiger partial charge in [0, 0.05) is 18.7 Å². The van der Waals surface area contributed by atoms with Crippen LogP contribution in [0, 0.1) is 11.2 Å². The fourth-order valence-electron chi connectivity index (χ4n) is 2.19. The molecule has 0 aromatic heterocycles. The average Bonchev–Trinajstić information content (AvgIpc) is 2.41. The number of rotatable bonds is 4. The summed E-state index contributed by atoms with van der Waals surface area (Å²) in [5.41, 5.74) is 5.94. The standard InChI is InChI=1S/C13H18FN3O2/c14-12-9(2-1-3-11(12)13(15)16)6-17-4-5-19-8-10(17)7-18/h1-3,10,18H,4-8H2,(H3,15,16). The van der Waals surface area contributed by atoms with Crippen LogP contribution in [0.25, 0.3) is 0 Å². The lowest BCUT2D eigenvalue weighted by atomic mass is 10.1. The fraction of sp³-hybridized carbons (Fsp3) is 0.462. The number of benzene rings is 1. The van der Waals surface area contributed by atoms with Crippen molar-refractivity contribution in [3.63, 3.8) is 0 Å². The van der Waals surface area contributed by atoms with Gasteiger partial charge in [0.25, 0.3) is 0 Å². The molecule has 1 fully saturated rings. The van der Waals surface area contributed by atoms with Gasteiger partial charge < -0.3 is 15.6 Å². The molecule has 1 atom stereocenters. The molecule has 19 heavy (non-hydrogen) atoms. The molecule has 0 radical (unpaired) electrons. The molecular weight excluding hydrogens is 249 g/mol. The van der Waals surface area contributed by atoms with Crippen LogP contribution < -0.4 is 5.73 Å². The van der Waals surface area contributed by atoms with E-state index in [0.717, 1.165) is 0 Å². The zero-order valence-electron chi connectivity index (χ0n) is 10.6. The molecule has 5 nitrogen and oxygen atoms in total. The Hall–Kier alpha value is -1.50. The summed E-state index contributed by atoms with van der Waals surface area (Å²) in [7, 11) is 0. The first-order valence-corrected chi connectivity index (χ1v) is 6.18. The van der Waals surface area contributed by atoms with E-state index in [4.69, 9.17) is 15.9 Å². The zero-order valence-corrected chi connectivity index (χ0v) is 10.6. The second kappa shape index (κ2) is 6.10. The summed E-state index contributed by atoms with van der Waals surface area (Å²) in [4.78, 5) is 1.98. The molecule has 104 valence electrons. The fourth-order valence-corrected chi connectivity index (χ4v) is 2.19. The van der Waals surface area contributed by atoms with Gasteiger partial charge in [-0.15, -0.1) is 0 Å². The number of halogens is 1. The Morgan fingerprint density at radius 2 is 2.37 bits per heavy atom. The molecule has 1 aromatic rings. The lowest BCUT2D eigenvalue weighted by Crippen LogP contribution is -2.47. The van der Waals surface area contributed by atoms with Gasteiger partial charge in [0.1, 0.15) is 11.7 Å². The molecule has 0 spiro atoms. The van der Waals surface area contributed by atoms with Crippen LogP contribution in [0.3, 0.4) is 0 Å². The molecule has 0 amide bonds. The molecular formula is C13H18FN3O2. The van der Waals surface area contributed by atoms with Crippen LogP contribution >= 0.6 is 0 Å². The monoisotopic (exact) mass is 267 g/mol. The van der Waals surface area contributed by atoms with Crippen LogP contribution in [0.15, 0.2) is 18.2 Å². The molecule has 0 aliphatic carbocycles. The average molecular weight is 267 g/mol. The quantitative estimate of drug-likeness (QED) is 0.541. The number of hydrogen-bond donors (Lipinski definition) is 3. The number of morpholine rings is 1. The largest absolute Gasteiger partial charge is 0.395 e. The molecule has 2 rings (SSSR count). The van der Waals surface area contributed by atoms with E-state index in [1.165, 1.54) is 6.07 Å². The van der Waals surface area contributed by atoms with Crippen LogP contribution in [0.2, 0.25) is 0 Å². The summed E-state index contributed by atoms with van der Waals surface area (Å²) >= 11 is 0. The predicted molar refractivity (Wildman–Crippen MR) is 69.5 cm³/mol. The molecule has 1 aliphatic heterocycles. The van der Waals surface area contributed by atoms with Crippen molar-refractivity contribution < 1.29 is 14.2 Å². The Labute approximate surface area is 111 Å². The first-order chi connectivity index (χ1) is 9.13. The highest BCUT2D eigenvalue weighted by molar-refractivity contribution is 5.95. The second-order valence-electron chi connectivity index (χ2n) is 4.57. The first-order valence-electron chi connectivity index (χ1n) is 6.18. The molecule has 1 unspecified atom stereocenters. The lowest BCUT2D eigenvalue weighted by molar-refractivity contribution is -0.0316. The molecule has 6 heteroatoms. The summed E-state index contributed by atoms with van der Waals surface area (Å²) in [6.07, 6.45) is 0. The van der Waals surface area contributed by atoms with E-state index in [-0.39, 0.29) is 24.0 Å². The third-order valence-electron chi connectivity index (χ3n) is 3.30. The van der Waals surface area contributed by atoms with Crippen molar-refractivity contribution in [2.45, 2.75) is 12.6 Å². The van der Waals surface area contributed by atoms with E-state index < -0.39 is 5.82 Å². The summed E-state index contributed by atoms with van der Waals surface area (Å²) in [5, 5.41) is 16.6. The van der Waals surface area contributed by atoms with Gasteiger partial charge in [-0.1, -0.05) is 12.1 Å². The Kier molecular flexibility index (Phi) is 4.47. The Bertz CT molecular complexity index is 467. The van der Waals surface area contributed by atoms with Crippen LogP contribution in [-0.4, -0.2) is 48.2 Å². The van der Waals surface area contributed by atoms with Gasteiger partial charge in [-0.25, -0.2) is 4.39 Å². The number of amidine groups is 1. The van der Waals surface area contributed by atoms with Gasteiger partial charge in [0.05, 0.1) is 31.4 Å². The summed E-state index contributed by atoms with van der Waals surface area (Å²) < 4.78 is 19.5. The van der Waals surface area contributed by atoms with Crippen molar-refractivity contribution in [3.05, 3.63) is 35.1 Å². The summed E-state index contributed by atoms with van der Waals surface area (Å²) in [6, 6.07) is 4.73. The number of aliphatic hydroxyl groups excluding tert-OH is 1. The number of nitrogen functional groups attached to an aromatic ring is 1. The minimum absolute atomic E-state index is 0.0198. The normalized spacial score (nSPS) is 20.4. The third-order valence-corrected chi connectivity index (χ3v) is 3.30. The first kappa shape index (κ1) is 13.9. The van der Waals surface area contributed by atoms with Crippen molar-refractivity contribution in [1.82, 2.24) is 4.90 Å². The Balaban J connectivity index is 2.18. The van der Waals surface area contributed by atoms with Gasteiger partial charge in [-0.3, -0.25) is 10.3 Å². The number of nitrogens with zero attached hydrogens (tertiary/aromatic N) is 1. The molecule has 1 aliphatic rings. The predicted octanol–water partition coefficient (Wildman–Crippen LogP) is 0.303. The van der Waals surface area contributed by atoms with Crippen molar-refractivity contribution in [3.8, 4) is 0 Å². The Morgan fingerprint density at radius 1 is 1.58 bits per heavy atom.